The summed E-state index contributed by atoms with van der Waals surface area (Å²) >= 11 is 0. The molecule has 1 aliphatic carbocycles. The van der Waals surface area contributed by atoms with Crippen molar-refractivity contribution in [1.29, 1.82) is 0 Å². The van der Waals surface area contributed by atoms with Gasteiger partial charge in [-0.15, -0.1) is 0 Å². The molecule has 0 fully saturated rings. The Labute approximate surface area is 277 Å². The van der Waals surface area contributed by atoms with E-state index in [4.69, 9.17) is 0 Å². The largest absolute Gasteiger partial charge is 0.310 e. The van der Waals surface area contributed by atoms with Gasteiger partial charge in [0.05, 0.1) is 0 Å². The summed E-state index contributed by atoms with van der Waals surface area (Å²) in [6.07, 6.45) is 0. The molecule has 47 heavy (non-hydrogen) atoms. The van der Waals surface area contributed by atoms with E-state index in [-0.39, 0.29) is 5.41 Å². The van der Waals surface area contributed by atoms with Crippen LogP contribution in [0.25, 0.3) is 22.3 Å². The van der Waals surface area contributed by atoms with Gasteiger partial charge >= 0.3 is 0 Å². The van der Waals surface area contributed by atoms with Gasteiger partial charge in [0, 0.05) is 39.5 Å². The standard InChI is InChI=1S/C45H36N2/c1-45(2)43-31-39(46(35-17-9-4-10-18-35)36-19-11-5-12-20-36)27-29-41(43)42-30-28-40(32-44(42)45)47(37-21-13-6-14-22-37)38-25-23-34(24-26-38)33-15-7-3-8-16-33/h3-32H,1-2H3. The van der Waals surface area contributed by atoms with Crippen molar-refractivity contribution >= 4 is 34.1 Å². The summed E-state index contributed by atoms with van der Waals surface area (Å²) in [7, 11) is 0. The minimum atomic E-state index is -0.185. The van der Waals surface area contributed by atoms with Crippen LogP contribution in [0.5, 0.6) is 0 Å². The number of para-hydroxylation sites is 3. The first kappa shape index (κ1) is 28.6. The molecule has 0 radical (unpaired) electrons. The molecule has 0 aromatic heterocycles. The fourth-order valence-corrected chi connectivity index (χ4v) is 7.05. The lowest BCUT2D eigenvalue weighted by Gasteiger charge is -2.29. The number of nitrogens with zero attached hydrogens (tertiary/aromatic N) is 2. The Morgan fingerprint density at radius 2 is 0.638 bits per heavy atom. The number of benzene rings is 7. The summed E-state index contributed by atoms with van der Waals surface area (Å²) in [6.45, 7) is 4.73. The maximum absolute atomic E-state index is 2.40. The van der Waals surface area contributed by atoms with Crippen molar-refractivity contribution in [3.05, 3.63) is 193 Å². The molecule has 0 saturated carbocycles. The van der Waals surface area contributed by atoms with E-state index >= 15 is 0 Å². The first-order valence-corrected chi connectivity index (χ1v) is 16.3. The third kappa shape index (κ3) is 5.18. The molecule has 0 spiro atoms. The Morgan fingerprint density at radius 1 is 0.319 bits per heavy atom. The molecule has 0 unspecified atom stereocenters. The average Bonchev–Trinajstić information content (AvgIpc) is 3.36. The molecule has 226 valence electrons. The van der Waals surface area contributed by atoms with Crippen molar-refractivity contribution < 1.29 is 0 Å². The SMILES string of the molecule is CC1(C)c2cc(N(c3ccccc3)c3ccccc3)ccc2-c2ccc(N(c3ccccc3)c3ccc(-c4ccccc4)cc3)cc21. The summed E-state index contributed by atoms with van der Waals surface area (Å²) in [5, 5.41) is 0. The maximum atomic E-state index is 2.40. The number of hydrogen-bond donors (Lipinski definition) is 0. The number of anilines is 6. The van der Waals surface area contributed by atoms with Crippen molar-refractivity contribution in [2.75, 3.05) is 9.80 Å². The van der Waals surface area contributed by atoms with Gasteiger partial charge in [0.2, 0.25) is 0 Å². The lowest BCUT2D eigenvalue weighted by Crippen LogP contribution is -2.17. The second-order valence-electron chi connectivity index (χ2n) is 12.7. The summed E-state index contributed by atoms with van der Waals surface area (Å²) in [5.74, 6) is 0. The molecule has 7 aromatic carbocycles. The Morgan fingerprint density at radius 3 is 1.04 bits per heavy atom. The molecule has 8 rings (SSSR count). The highest BCUT2D eigenvalue weighted by atomic mass is 15.1. The van der Waals surface area contributed by atoms with Crippen molar-refractivity contribution in [3.63, 3.8) is 0 Å². The van der Waals surface area contributed by atoms with Crippen LogP contribution in [0.2, 0.25) is 0 Å². The van der Waals surface area contributed by atoms with E-state index in [2.05, 4.69) is 206 Å². The number of hydrogen-bond acceptors (Lipinski definition) is 2. The van der Waals surface area contributed by atoms with Crippen LogP contribution in [0.4, 0.5) is 34.1 Å². The van der Waals surface area contributed by atoms with Crippen LogP contribution < -0.4 is 9.80 Å². The van der Waals surface area contributed by atoms with Crippen molar-refractivity contribution in [2.24, 2.45) is 0 Å². The van der Waals surface area contributed by atoms with Crippen LogP contribution >= 0.6 is 0 Å². The van der Waals surface area contributed by atoms with Gasteiger partial charge in [-0.25, -0.2) is 0 Å². The van der Waals surface area contributed by atoms with Gasteiger partial charge in [0.25, 0.3) is 0 Å². The minimum absolute atomic E-state index is 0.185. The van der Waals surface area contributed by atoms with Gasteiger partial charge in [0.15, 0.2) is 0 Å². The molecule has 0 atom stereocenters. The van der Waals surface area contributed by atoms with E-state index in [0.29, 0.717) is 0 Å². The third-order valence-electron chi connectivity index (χ3n) is 9.44. The van der Waals surface area contributed by atoms with E-state index in [1.54, 1.807) is 0 Å². The second kappa shape index (κ2) is 11.8. The highest BCUT2D eigenvalue weighted by Gasteiger charge is 2.36. The Hall–Kier alpha value is -5.86. The normalized spacial score (nSPS) is 12.6. The lowest BCUT2D eigenvalue weighted by atomic mass is 9.82. The Bertz CT molecular complexity index is 2100. The van der Waals surface area contributed by atoms with Gasteiger partial charge in [0.1, 0.15) is 0 Å². The Kier molecular flexibility index (Phi) is 7.19. The molecular formula is C45H36N2. The zero-order valence-electron chi connectivity index (χ0n) is 26.7. The average molecular weight is 605 g/mol. The maximum Gasteiger partial charge on any atom is 0.0465 e. The quantitative estimate of drug-likeness (QED) is 0.179. The first-order valence-electron chi connectivity index (χ1n) is 16.3. The smallest absolute Gasteiger partial charge is 0.0465 e. The summed E-state index contributed by atoms with van der Waals surface area (Å²) in [4.78, 5) is 4.72. The molecule has 0 N–H and O–H groups in total. The van der Waals surface area contributed by atoms with Crippen LogP contribution in [0.3, 0.4) is 0 Å². The third-order valence-corrected chi connectivity index (χ3v) is 9.44. The van der Waals surface area contributed by atoms with Gasteiger partial charge in [-0.3, -0.25) is 0 Å². The van der Waals surface area contributed by atoms with E-state index in [1.807, 2.05) is 0 Å². The molecule has 2 nitrogen and oxygen atoms in total. The van der Waals surface area contributed by atoms with Crippen molar-refractivity contribution in [1.82, 2.24) is 0 Å². The first-order chi connectivity index (χ1) is 23.1. The summed E-state index contributed by atoms with van der Waals surface area (Å²) in [6, 6.07) is 65.4. The molecule has 2 heteroatoms. The molecule has 0 saturated heterocycles. The summed E-state index contributed by atoms with van der Waals surface area (Å²) < 4.78 is 0. The van der Waals surface area contributed by atoms with Crippen LogP contribution in [0.1, 0.15) is 25.0 Å². The van der Waals surface area contributed by atoms with Gasteiger partial charge in [-0.2, -0.15) is 0 Å². The van der Waals surface area contributed by atoms with Crippen molar-refractivity contribution in [3.8, 4) is 22.3 Å². The zero-order valence-corrected chi connectivity index (χ0v) is 26.7. The molecule has 0 amide bonds. The summed E-state index contributed by atoms with van der Waals surface area (Å²) in [5.41, 5.74) is 14.4. The van der Waals surface area contributed by atoms with Crippen LogP contribution in [0.15, 0.2) is 182 Å². The van der Waals surface area contributed by atoms with E-state index in [0.717, 1.165) is 34.1 Å². The molecular weight excluding hydrogens is 569 g/mol. The van der Waals surface area contributed by atoms with Crippen molar-refractivity contribution in [2.45, 2.75) is 19.3 Å². The fraction of sp³-hybridized carbons (Fsp3) is 0.0667. The fourth-order valence-electron chi connectivity index (χ4n) is 7.05. The monoisotopic (exact) mass is 604 g/mol. The van der Waals surface area contributed by atoms with Crippen LogP contribution in [0, 0.1) is 0 Å². The molecule has 1 aliphatic rings. The minimum Gasteiger partial charge on any atom is -0.310 e. The molecule has 0 aliphatic heterocycles. The van der Waals surface area contributed by atoms with Crippen LogP contribution in [-0.4, -0.2) is 0 Å². The highest BCUT2D eigenvalue weighted by Crippen LogP contribution is 2.52. The van der Waals surface area contributed by atoms with E-state index < -0.39 is 0 Å². The number of fused-ring (bicyclic) bond motifs is 3. The number of rotatable bonds is 7. The van der Waals surface area contributed by atoms with Gasteiger partial charge in [-0.05, 0) is 106 Å². The van der Waals surface area contributed by atoms with Gasteiger partial charge in [-0.1, -0.05) is 123 Å². The van der Waals surface area contributed by atoms with Crippen LogP contribution in [-0.2, 0) is 5.41 Å². The topological polar surface area (TPSA) is 6.48 Å². The second-order valence-corrected chi connectivity index (χ2v) is 12.7. The van der Waals surface area contributed by atoms with E-state index in [9.17, 15) is 0 Å². The molecule has 0 bridgehead atoms. The molecule has 0 heterocycles. The Balaban J connectivity index is 1.20. The predicted molar refractivity (Wildman–Crippen MR) is 199 cm³/mol. The van der Waals surface area contributed by atoms with Gasteiger partial charge < -0.3 is 9.80 Å². The highest BCUT2D eigenvalue weighted by molar-refractivity contribution is 5.88. The molecule has 7 aromatic rings. The lowest BCUT2D eigenvalue weighted by molar-refractivity contribution is 0.660. The predicted octanol–water partition coefficient (Wildman–Crippen LogP) is 12.6. The zero-order chi connectivity index (χ0) is 31.8. The van der Waals surface area contributed by atoms with E-state index in [1.165, 1.54) is 33.4 Å².